The highest BCUT2D eigenvalue weighted by Gasteiger charge is 2.34. The maximum absolute atomic E-state index is 13.6. The Balaban J connectivity index is 1.71. The second kappa shape index (κ2) is 7.94. The molecule has 0 aliphatic carbocycles. The van der Waals surface area contributed by atoms with Gasteiger partial charge in [0.25, 0.3) is 5.91 Å². The Morgan fingerprint density at radius 2 is 1.87 bits per heavy atom. The zero-order valence-corrected chi connectivity index (χ0v) is 16.1. The number of hydrogen-bond acceptors (Lipinski definition) is 6. The molecule has 1 amide bonds. The fourth-order valence-electron chi connectivity index (χ4n) is 2.97. The molecule has 4 N–H and O–H groups in total. The Morgan fingerprint density at radius 3 is 2.65 bits per heavy atom. The van der Waals surface area contributed by atoms with Crippen molar-refractivity contribution in [1.29, 1.82) is 0 Å². The van der Waals surface area contributed by atoms with Crippen LogP contribution in [0.1, 0.15) is 16.1 Å². The third-order valence-electron chi connectivity index (χ3n) is 4.44. The smallest absolute Gasteiger partial charge is 0.354 e. The van der Waals surface area contributed by atoms with E-state index in [9.17, 15) is 18.0 Å². The van der Waals surface area contributed by atoms with E-state index in [0.29, 0.717) is 5.69 Å². The van der Waals surface area contributed by atoms with Gasteiger partial charge in [-0.25, -0.2) is 9.97 Å². The zero-order valence-electron chi connectivity index (χ0n) is 16.1. The third kappa shape index (κ3) is 4.25. The lowest BCUT2D eigenvalue weighted by Crippen LogP contribution is -2.21. The van der Waals surface area contributed by atoms with E-state index in [4.69, 9.17) is 0 Å². The Kier molecular flexibility index (Phi) is 5.15. The first kappa shape index (κ1) is 20.1. The summed E-state index contributed by atoms with van der Waals surface area (Å²) < 4.78 is 40.7. The summed E-state index contributed by atoms with van der Waals surface area (Å²) in [7, 11) is 1.41. The van der Waals surface area contributed by atoms with E-state index >= 15 is 0 Å². The van der Waals surface area contributed by atoms with Crippen LogP contribution in [-0.4, -0.2) is 33.1 Å². The number of carbonyl (C=O) groups is 1. The number of benzene rings is 1. The number of fused-ring (bicyclic) bond motifs is 1. The maximum atomic E-state index is 13.6. The Bertz CT molecular complexity index is 1250. The molecule has 0 spiro atoms. The van der Waals surface area contributed by atoms with Gasteiger partial charge in [0, 0.05) is 36.6 Å². The summed E-state index contributed by atoms with van der Waals surface area (Å²) in [4.78, 5) is 19.9. The number of nitrogens with one attached hydrogen (secondary N) is 4. The third-order valence-corrected chi connectivity index (χ3v) is 4.44. The van der Waals surface area contributed by atoms with Crippen LogP contribution in [0.5, 0.6) is 0 Å². The van der Waals surface area contributed by atoms with Gasteiger partial charge < -0.3 is 16.0 Å². The summed E-state index contributed by atoms with van der Waals surface area (Å²) in [5.41, 5.74) is 0.299. The summed E-state index contributed by atoms with van der Waals surface area (Å²) in [5.74, 6) is -0.346. The van der Waals surface area contributed by atoms with Gasteiger partial charge in [-0.3, -0.25) is 9.89 Å². The topological polar surface area (TPSA) is 108 Å². The van der Waals surface area contributed by atoms with Crippen molar-refractivity contribution in [3.05, 3.63) is 66.2 Å². The van der Waals surface area contributed by atoms with Crippen molar-refractivity contribution in [1.82, 2.24) is 25.5 Å². The molecule has 0 aliphatic heterocycles. The van der Waals surface area contributed by atoms with Crippen LogP contribution in [0.2, 0.25) is 0 Å². The number of amides is 1. The molecule has 0 saturated heterocycles. The molecule has 158 valence electrons. The van der Waals surface area contributed by atoms with Gasteiger partial charge in [0.1, 0.15) is 5.82 Å². The van der Waals surface area contributed by atoms with Crippen LogP contribution < -0.4 is 16.0 Å². The molecule has 0 radical (unpaired) electrons. The largest absolute Gasteiger partial charge is 0.419 e. The maximum Gasteiger partial charge on any atom is 0.419 e. The SMILES string of the molecule is CNC(=O)c1ncccc1Nc1cc(Nc2ccc3[nH]ncc3c2)ncc1C(F)(F)F. The molecule has 11 heteroatoms. The normalized spacial score (nSPS) is 11.4. The number of pyridine rings is 2. The number of halogens is 3. The summed E-state index contributed by atoms with van der Waals surface area (Å²) in [6, 6.07) is 9.54. The number of hydrogen-bond donors (Lipinski definition) is 4. The zero-order chi connectivity index (χ0) is 22.0. The average Bonchev–Trinajstić information content (AvgIpc) is 3.21. The fourth-order valence-corrected chi connectivity index (χ4v) is 2.97. The molecule has 31 heavy (non-hydrogen) atoms. The molecule has 4 rings (SSSR count). The highest BCUT2D eigenvalue weighted by molar-refractivity contribution is 5.98. The van der Waals surface area contributed by atoms with Crippen LogP contribution in [0.3, 0.4) is 0 Å². The molecule has 3 aromatic heterocycles. The van der Waals surface area contributed by atoms with Crippen molar-refractivity contribution in [2.24, 2.45) is 0 Å². The number of H-pyrrole nitrogens is 1. The summed E-state index contributed by atoms with van der Waals surface area (Å²) >= 11 is 0. The Morgan fingerprint density at radius 1 is 1.03 bits per heavy atom. The van der Waals surface area contributed by atoms with E-state index in [0.717, 1.165) is 17.1 Å². The van der Waals surface area contributed by atoms with E-state index in [-0.39, 0.29) is 22.9 Å². The molecule has 1 aromatic carbocycles. The Labute approximate surface area is 173 Å². The molecule has 4 aromatic rings. The van der Waals surface area contributed by atoms with E-state index in [2.05, 4.69) is 36.1 Å². The van der Waals surface area contributed by atoms with Crippen LogP contribution in [0.25, 0.3) is 10.9 Å². The second-order valence-corrected chi connectivity index (χ2v) is 6.51. The van der Waals surface area contributed by atoms with Crippen LogP contribution >= 0.6 is 0 Å². The lowest BCUT2D eigenvalue weighted by molar-refractivity contribution is -0.137. The molecule has 0 unspecified atom stereocenters. The van der Waals surface area contributed by atoms with Gasteiger partial charge in [-0.05, 0) is 30.3 Å². The molecule has 8 nitrogen and oxygen atoms in total. The first-order valence-electron chi connectivity index (χ1n) is 9.06. The van der Waals surface area contributed by atoms with Crippen molar-refractivity contribution < 1.29 is 18.0 Å². The van der Waals surface area contributed by atoms with Crippen molar-refractivity contribution in [2.75, 3.05) is 17.7 Å². The predicted octanol–water partition coefficient (Wildman–Crippen LogP) is 4.22. The predicted molar refractivity (Wildman–Crippen MR) is 110 cm³/mol. The fraction of sp³-hybridized carbons (Fsp3) is 0.100. The Hall–Kier alpha value is -4.15. The van der Waals surface area contributed by atoms with Crippen LogP contribution in [0, 0.1) is 0 Å². The first-order chi connectivity index (χ1) is 14.8. The molecule has 0 atom stereocenters. The van der Waals surface area contributed by atoms with Gasteiger partial charge in [0.05, 0.1) is 28.7 Å². The van der Waals surface area contributed by atoms with Gasteiger partial charge in [-0.2, -0.15) is 18.3 Å². The number of aromatic amines is 1. The highest BCUT2D eigenvalue weighted by atomic mass is 19.4. The molecule has 3 heterocycles. The lowest BCUT2D eigenvalue weighted by Gasteiger charge is -2.17. The number of aromatic nitrogens is 4. The van der Waals surface area contributed by atoms with Crippen LogP contribution in [0.4, 0.5) is 36.1 Å². The van der Waals surface area contributed by atoms with Crippen LogP contribution in [0.15, 0.2) is 55.0 Å². The average molecular weight is 427 g/mol. The minimum absolute atomic E-state index is 0.0325. The molecule has 0 fully saturated rings. The first-order valence-corrected chi connectivity index (χ1v) is 9.06. The van der Waals surface area contributed by atoms with Gasteiger partial charge in [-0.15, -0.1) is 0 Å². The minimum atomic E-state index is -4.65. The van der Waals surface area contributed by atoms with Crippen molar-refractivity contribution in [3.63, 3.8) is 0 Å². The standard InChI is InChI=1S/C20H16F3N7O/c1-24-19(31)18-15(3-2-6-25-18)29-16-8-17(26-10-13(16)20(21,22)23)28-12-4-5-14-11(7-12)9-27-30-14/h2-10H,1H3,(H,24,31)(H,27,30)(H2,26,28,29). The number of carbonyl (C=O) groups excluding carboxylic acids is 1. The summed E-state index contributed by atoms with van der Waals surface area (Å²) in [5, 5.41) is 15.7. The molecular formula is C20H16F3N7O. The molecular weight excluding hydrogens is 411 g/mol. The lowest BCUT2D eigenvalue weighted by atomic mass is 10.2. The highest BCUT2D eigenvalue weighted by Crippen LogP contribution is 2.37. The minimum Gasteiger partial charge on any atom is -0.354 e. The van der Waals surface area contributed by atoms with E-state index in [1.807, 2.05) is 0 Å². The van der Waals surface area contributed by atoms with Crippen molar-refractivity contribution in [3.8, 4) is 0 Å². The number of rotatable bonds is 5. The number of alkyl halides is 3. The van der Waals surface area contributed by atoms with Gasteiger partial charge >= 0.3 is 6.18 Å². The van der Waals surface area contributed by atoms with E-state index in [1.165, 1.54) is 31.4 Å². The summed E-state index contributed by atoms with van der Waals surface area (Å²) in [6.45, 7) is 0. The second-order valence-electron chi connectivity index (χ2n) is 6.51. The van der Waals surface area contributed by atoms with E-state index in [1.54, 1.807) is 24.4 Å². The van der Waals surface area contributed by atoms with Gasteiger partial charge in [-0.1, -0.05) is 0 Å². The van der Waals surface area contributed by atoms with Crippen LogP contribution in [-0.2, 0) is 6.18 Å². The van der Waals surface area contributed by atoms with Gasteiger partial charge in [0.2, 0.25) is 0 Å². The summed E-state index contributed by atoms with van der Waals surface area (Å²) in [6.07, 6.45) is -0.904. The molecule has 0 aliphatic rings. The van der Waals surface area contributed by atoms with E-state index < -0.39 is 17.6 Å². The quantitative estimate of drug-likeness (QED) is 0.380. The van der Waals surface area contributed by atoms with Gasteiger partial charge in [0.15, 0.2) is 5.69 Å². The molecule has 0 saturated carbocycles. The van der Waals surface area contributed by atoms with Crippen molar-refractivity contribution in [2.45, 2.75) is 6.18 Å². The monoisotopic (exact) mass is 427 g/mol. The number of anilines is 4. The van der Waals surface area contributed by atoms with Crippen molar-refractivity contribution >= 4 is 39.7 Å². The number of nitrogens with zero attached hydrogens (tertiary/aromatic N) is 3. The molecule has 0 bridgehead atoms.